The van der Waals surface area contributed by atoms with E-state index in [4.69, 9.17) is 22.1 Å². The van der Waals surface area contributed by atoms with Crippen LogP contribution in [0.5, 0.6) is 0 Å². The molecule has 0 unspecified atom stereocenters. The fraction of sp³-hybridized carbons (Fsp3) is 0.533. The molecule has 7 heteroatoms. The van der Waals surface area contributed by atoms with Crippen molar-refractivity contribution in [2.45, 2.75) is 25.6 Å². The number of pyridine rings is 1. The highest BCUT2D eigenvalue weighted by Crippen LogP contribution is 2.38. The first-order valence-electron chi connectivity index (χ1n) is 7.73. The summed E-state index contributed by atoms with van der Waals surface area (Å²) >= 11 is 5.68. The molecule has 6 nitrogen and oxygen atoms in total. The minimum atomic E-state index is 0.501. The normalized spacial score (nSPS) is 19.5. The van der Waals surface area contributed by atoms with Crippen LogP contribution in [0.2, 0.25) is 0 Å². The molecule has 1 aliphatic heterocycles. The highest BCUT2D eigenvalue weighted by molar-refractivity contribution is 7.71. The Morgan fingerprint density at radius 2 is 2.09 bits per heavy atom. The fourth-order valence-electron chi connectivity index (χ4n) is 2.80. The summed E-state index contributed by atoms with van der Waals surface area (Å²) in [5.74, 6) is 0.939. The lowest BCUT2D eigenvalue weighted by Crippen LogP contribution is -2.37. The third kappa shape index (κ3) is 2.71. The summed E-state index contributed by atoms with van der Waals surface area (Å²) in [6.45, 7) is 4.16. The largest absolute Gasteiger partial charge is 0.379 e. The lowest BCUT2D eigenvalue weighted by atomic mass is 10.3. The molecule has 0 bridgehead atoms. The second-order valence-electron chi connectivity index (χ2n) is 5.82. The molecule has 0 atom stereocenters. The van der Waals surface area contributed by atoms with Crippen LogP contribution in [-0.4, -0.2) is 50.5 Å². The van der Waals surface area contributed by atoms with Crippen molar-refractivity contribution in [2.24, 2.45) is 0 Å². The van der Waals surface area contributed by atoms with Crippen LogP contribution in [0.15, 0.2) is 24.5 Å². The van der Waals surface area contributed by atoms with E-state index >= 15 is 0 Å². The Labute approximate surface area is 134 Å². The molecule has 116 valence electrons. The van der Waals surface area contributed by atoms with E-state index in [9.17, 15) is 0 Å². The van der Waals surface area contributed by atoms with E-state index in [1.807, 2.05) is 23.0 Å². The highest BCUT2D eigenvalue weighted by atomic mass is 32.1. The van der Waals surface area contributed by atoms with Crippen molar-refractivity contribution in [1.29, 1.82) is 0 Å². The van der Waals surface area contributed by atoms with E-state index < -0.39 is 0 Å². The van der Waals surface area contributed by atoms with E-state index in [-0.39, 0.29) is 0 Å². The zero-order valence-electron chi connectivity index (χ0n) is 12.4. The first-order chi connectivity index (χ1) is 10.8. The van der Waals surface area contributed by atoms with E-state index in [2.05, 4.69) is 14.5 Å². The van der Waals surface area contributed by atoms with E-state index in [0.717, 1.165) is 49.1 Å². The monoisotopic (exact) mass is 317 g/mol. The van der Waals surface area contributed by atoms with E-state index in [1.165, 1.54) is 12.8 Å². The van der Waals surface area contributed by atoms with Gasteiger partial charge in [-0.15, -0.1) is 0 Å². The van der Waals surface area contributed by atoms with Gasteiger partial charge in [0, 0.05) is 37.1 Å². The topological polar surface area (TPSA) is 48.1 Å². The number of hydrogen-bond acceptors (Lipinski definition) is 5. The fourth-order valence-corrected chi connectivity index (χ4v) is 3.13. The van der Waals surface area contributed by atoms with Gasteiger partial charge in [0.15, 0.2) is 10.6 Å². The summed E-state index contributed by atoms with van der Waals surface area (Å²) in [6, 6.07) is 4.49. The maximum atomic E-state index is 5.68. The predicted molar refractivity (Wildman–Crippen MR) is 84.9 cm³/mol. The van der Waals surface area contributed by atoms with Gasteiger partial charge in [-0.05, 0) is 37.2 Å². The van der Waals surface area contributed by atoms with Crippen molar-refractivity contribution >= 4 is 12.2 Å². The van der Waals surface area contributed by atoms with Crippen molar-refractivity contribution in [3.63, 3.8) is 0 Å². The van der Waals surface area contributed by atoms with Crippen LogP contribution < -0.4 is 0 Å². The summed E-state index contributed by atoms with van der Waals surface area (Å²) in [7, 11) is 0. The van der Waals surface area contributed by atoms with Crippen molar-refractivity contribution in [1.82, 2.24) is 24.2 Å². The Hall–Kier alpha value is -1.57. The smallest absolute Gasteiger partial charge is 0.199 e. The van der Waals surface area contributed by atoms with Gasteiger partial charge in [-0.2, -0.15) is 5.10 Å². The summed E-state index contributed by atoms with van der Waals surface area (Å²) in [5, 5.41) is 4.79. The lowest BCUT2D eigenvalue weighted by Gasteiger charge is -2.26. The molecule has 2 aromatic rings. The number of ether oxygens (including phenoxy) is 1. The molecular formula is C15H19N5OS. The zero-order chi connectivity index (χ0) is 14.9. The number of nitrogens with zero attached hydrogens (tertiary/aromatic N) is 5. The summed E-state index contributed by atoms with van der Waals surface area (Å²) in [4.78, 5) is 6.54. The lowest BCUT2D eigenvalue weighted by molar-refractivity contribution is 0.0209. The maximum Gasteiger partial charge on any atom is 0.199 e. The molecule has 0 amide bonds. The summed E-state index contributed by atoms with van der Waals surface area (Å²) in [5.41, 5.74) is 1.03. The molecule has 2 aliphatic rings. The van der Waals surface area contributed by atoms with Crippen molar-refractivity contribution in [3.05, 3.63) is 29.3 Å². The number of aromatic nitrogens is 4. The molecule has 2 aromatic heterocycles. The molecule has 0 N–H and O–H groups in total. The molecule has 1 saturated carbocycles. The molecule has 22 heavy (non-hydrogen) atoms. The zero-order valence-corrected chi connectivity index (χ0v) is 13.2. The molecule has 1 aliphatic carbocycles. The van der Waals surface area contributed by atoms with Gasteiger partial charge in [0.2, 0.25) is 0 Å². The Morgan fingerprint density at radius 1 is 1.27 bits per heavy atom. The van der Waals surface area contributed by atoms with Gasteiger partial charge in [0.25, 0.3) is 0 Å². The van der Waals surface area contributed by atoms with Gasteiger partial charge in [0.1, 0.15) is 0 Å². The molecule has 1 saturated heterocycles. The molecule has 4 rings (SSSR count). The Morgan fingerprint density at radius 3 is 2.77 bits per heavy atom. The van der Waals surface area contributed by atoms with Crippen LogP contribution in [0.1, 0.15) is 18.9 Å². The van der Waals surface area contributed by atoms with E-state index in [1.54, 1.807) is 6.20 Å². The Bertz CT molecular complexity index is 700. The standard InChI is InChI=1S/C15H19N5OS/c22-15-19(11-18-6-8-21-9-7-18)17-14(20(15)13-3-4-13)12-2-1-5-16-10-12/h1-2,5,10,13H,3-4,6-9,11H2. The number of hydrogen-bond donors (Lipinski definition) is 0. The van der Waals surface area contributed by atoms with Gasteiger partial charge >= 0.3 is 0 Å². The quantitative estimate of drug-likeness (QED) is 0.808. The average Bonchev–Trinajstić information content (AvgIpc) is 3.35. The Balaban J connectivity index is 1.69. The van der Waals surface area contributed by atoms with Crippen molar-refractivity contribution in [3.8, 4) is 11.4 Å². The summed E-state index contributed by atoms with van der Waals surface area (Å²) < 4.78 is 10.4. The van der Waals surface area contributed by atoms with Gasteiger partial charge in [0.05, 0.1) is 19.9 Å². The van der Waals surface area contributed by atoms with Gasteiger partial charge in [-0.3, -0.25) is 14.5 Å². The average molecular weight is 317 g/mol. The van der Waals surface area contributed by atoms with Crippen molar-refractivity contribution in [2.75, 3.05) is 26.3 Å². The molecule has 0 radical (unpaired) electrons. The second kappa shape index (κ2) is 5.91. The second-order valence-corrected chi connectivity index (χ2v) is 6.19. The minimum absolute atomic E-state index is 0.501. The van der Waals surface area contributed by atoms with Crippen LogP contribution in [0.3, 0.4) is 0 Å². The van der Waals surface area contributed by atoms with Crippen LogP contribution in [0.4, 0.5) is 0 Å². The third-order valence-electron chi connectivity index (χ3n) is 4.14. The Kier molecular flexibility index (Phi) is 3.77. The van der Waals surface area contributed by atoms with Crippen LogP contribution in [0, 0.1) is 4.77 Å². The van der Waals surface area contributed by atoms with E-state index in [0.29, 0.717) is 6.04 Å². The molecule has 0 spiro atoms. The van der Waals surface area contributed by atoms with Crippen LogP contribution in [-0.2, 0) is 11.4 Å². The first-order valence-corrected chi connectivity index (χ1v) is 8.13. The van der Waals surface area contributed by atoms with Crippen LogP contribution >= 0.6 is 12.2 Å². The maximum absolute atomic E-state index is 5.68. The summed E-state index contributed by atoms with van der Waals surface area (Å²) in [6.07, 6.45) is 6.01. The number of rotatable bonds is 4. The SMILES string of the molecule is S=c1n(CN2CCOCC2)nc(-c2cccnc2)n1C1CC1. The van der Waals surface area contributed by atoms with Gasteiger partial charge in [-0.25, -0.2) is 4.68 Å². The molecule has 2 fully saturated rings. The molecule has 3 heterocycles. The van der Waals surface area contributed by atoms with Gasteiger partial charge < -0.3 is 4.74 Å². The predicted octanol–water partition coefficient (Wildman–Crippen LogP) is 2.10. The number of morpholine rings is 1. The molecule has 0 aromatic carbocycles. The van der Waals surface area contributed by atoms with Gasteiger partial charge in [-0.1, -0.05) is 0 Å². The minimum Gasteiger partial charge on any atom is -0.379 e. The highest BCUT2D eigenvalue weighted by Gasteiger charge is 2.29. The molecular weight excluding hydrogens is 298 g/mol. The first kappa shape index (κ1) is 14.0. The van der Waals surface area contributed by atoms with Crippen LogP contribution in [0.25, 0.3) is 11.4 Å². The van der Waals surface area contributed by atoms with Crippen molar-refractivity contribution < 1.29 is 4.74 Å². The third-order valence-corrected chi connectivity index (χ3v) is 4.55.